The van der Waals surface area contributed by atoms with E-state index in [9.17, 15) is 8.42 Å². The van der Waals surface area contributed by atoms with Crippen LogP contribution in [0.2, 0.25) is 10.0 Å². The van der Waals surface area contributed by atoms with Gasteiger partial charge in [-0.25, -0.2) is 13.4 Å². The van der Waals surface area contributed by atoms with Gasteiger partial charge in [-0.3, -0.25) is 4.72 Å². The smallest absolute Gasteiger partial charge is 0.266 e. The van der Waals surface area contributed by atoms with Crippen molar-refractivity contribution in [2.75, 3.05) is 11.8 Å². The van der Waals surface area contributed by atoms with Gasteiger partial charge >= 0.3 is 0 Å². The summed E-state index contributed by atoms with van der Waals surface area (Å²) in [4.78, 5) is 3.85. The highest BCUT2D eigenvalue weighted by Crippen LogP contribution is 2.28. The van der Waals surface area contributed by atoms with Crippen molar-refractivity contribution in [2.45, 2.75) is 4.90 Å². The van der Waals surface area contributed by atoms with Crippen molar-refractivity contribution >= 4 is 39.0 Å². The Bertz CT molecular complexity index is 735. The van der Waals surface area contributed by atoms with Crippen LogP contribution in [0.4, 0.5) is 5.82 Å². The van der Waals surface area contributed by atoms with E-state index in [4.69, 9.17) is 27.9 Å². The van der Waals surface area contributed by atoms with E-state index in [0.717, 1.165) is 0 Å². The fourth-order valence-corrected chi connectivity index (χ4v) is 2.99. The van der Waals surface area contributed by atoms with Crippen molar-refractivity contribution in [3.8, 4) is 5.75 Å². The maximum absolute atomic E-state index is 12.3. The normalized spacial score (nSPS) is 11.2. The zero-order chi connectivity index (χ0) is 14.8. The summed E-state index contributed by atoms with van der Waals surface area (Å²) in [5, 5.41) is 0.752. The van der Waals surface area contributed by atoms with Crippen LogP contribution in [0.5, 0.6) is 5.75 Å². The summed E-state index contributed by atoms with van der Waals surface area (Å²) >= 11 is 11.6. The summed E-state index contributed by atoms with van der Waals surface area (Å²) in [6, 6.07) is 7.18. The number of aromatic nitrogens is 1. The molecule has 1 aromatic heterocycles. The van der Waals surface area contributed by atoms with Gasteiger partial charge in [-0.1, -0.05) is 23.2 Å². The average Bonchev–Trinajstić information content (AvgIpc) is 2.37. The van der Waals surface area contributed by atoms with E-state index >= 15 is 0 Å². The fraction of sp³-hybridized carbons (Fsp3) is 0.0833. The number of methoxy groups -OCH3 is 1. The Balaban J connectivity index is 2.40. The molecule has 106 valence electrons. The Morgan fingerprint density at radius 2 is 1.85 bits per heavy atom. The summed E-state index contributed by atoms with van der Waals surface area (Å²) in [5.41, 5.74) is 0. The van der Waals surface area contributed by atoms with Gasteiger partial charge in [0, 0.05) is 28.4 Å². The van der Waals surface area contributed by atoms with Gasteiger partial charge in [0.1, 0.15) is 16.5 Å². The first-order chi connectivity index (χ1) is 9.42. The standard InChI is InChI=1S/C12H10Cl2N2O3S/c1-19-10-6-8(13)2-3-11(10)20(17,18)16-12-7-9(14)4-5-15-12/h2-7H,1H3,(H,15,16). The summed E-state index contributed by atoms with van der Waals surface area (Å²) in [7, 11) is -2.48. The first-order valence-electron chi connectivity index (χ1n) is 5.40. The Labute approximate surface area is 126 Å². The number of ether oxygens (including phenoxy) is 1. The van der Waals surface area contributed by atoms with E-state index in [1.54, 1.807) is 6.07 Å². The van der Waals surface area contributed by atoms with Crippen molar-refractivity contribution in [3.05, 3.63) is 46.6 Å². The van der Waals surface area contributed by atoms with Crippen molar-refractivity contribution in [1.82, 2.24) is 4.98 Å². The van der Waals surface area contributed by atoms with Gasteiger partial charge in [-0.2, -0.15) is 0 Å². The molecule has 20 heavy (non-hydrogen) atoms. The van der Waals surface area contributed by atoms with E-state index in [1.165, 1.54) is 37.6 Å². The molecule has 0 amide bonds. The molecule has 0 spiro atoms. The van der Waals surface area contributed by atoms with Crippen molar-refractivity contribution in [1.29, 1.82) is 0 Å². The van der Waals surface area contributed by atoms with Crippen LogP contribution in [-0.4, -0.2) is 20.5 Å². The monoisotopic (exact) mass is 332 g/mol. The van der Waals surface area contributed by atoms with Gasteiger partial charge < -0.3 is 4.74 Å². The van der Waals surface area contributed by atoms with Gasteiger partial charge in [0.2, 0.25) is 0 Å². The van der Waals surface area contributed by atoms with Crippen LogP contribution in [0.3, 0.4) is 0 Å². The van der Waals surface area contributed by atoms with Crippen LogP contribution in [0.25, 0.3) is 0 Å². The van der Waals surface area contributed by atoms with E-state index in [0.29, 0.717) is 10.0 Å². The quantitative estimate of drug-likeness (QED) is 0.933. The minimum Gasteiger partial charge on any atom is -0.495 e. The van der Waals surface area contributed by atoms with Crippen LogP contribution in [0.15, 0.2) is 41.4 Å². The number of sulfonamides is 1. The SMILES string of the molecule is COc1cc(Cl)ccc1S(=O)(=O)Nc1cc(Cl)ccn1. The number of pyridine rings is 1. The number of nitrogens with zero attached hydrogens (tertiary/aromatic N) is 1. The molecule has 0 saturated carbocycles. The lowest BCUT2D eigenvalue weighted by molar-refractivity contribution is 0.403. The zero-order valence-corrected chi connectivity index (χ0v) is 12.6. The molecule has 2 aromatic rings. The minimum atomic E-state index is -3.84. The van der Waals surface area contributed by atoms with Gasteiger partial charge in [0.15, 0.2) is 0 Å². The van der Waals surface area contributed by atoms with Gasteiger partial charge in [-0.05, 0) is 18.2 Å². The number of anilines is 1. The third kappa shape index (κ3) is 3.33. The second-order valence-corrected chi connectivity index (χ2v) is 6.28. The minimum absolute atomic E-state index is 0.0359. The molecule has 0 aliphatic rings. The van der Waals surface area contributed by atoms with Crippen molar-refractivity contribution < 1.29 is 13.2 Å². The number of halogens is 2. The van der Waals surface area contributed by atoms with E-state index < -0.39 is 10.0 Å². The van der Waals surface area contributed by atoms with Gasteiger partial charge in [0.05, 0.1) is 7.11 Å². The lowest BCUT2D eigenvalue weighted by Crippen LogP contribution is -2.14. The molecule has 0 aliphatic heterocycles. The molecule has 0 aliphatic carbocycles. The Morgan fingerprint density at radius 1 is 1.15 bits per heavy atom. The fourth-order valence-electron chi connectivity index (χ4n) is 1.52. The molecule has 0 saturated heterocycles. The van der Waals surface area contributed by atoms with Crippen LogP contribution in [0.1, 0.15) is 0 Å². The number of hydrogen-bond acceptors (Lipinski definition) is 4. The third-order valence-electron chi connectivity index (χ3n) is 2.38. The molecule has 8 heteroatoms. The highest BCUT2D eigenvalue weighted by molar-refractivity contribution is 7.92. The lowest BCUT2D eigenvalue weighted by Gasteiger charge is -2.11. The number of benzene rings is 1. The average molecular weight is 333 g/mol. The third-order valence-corrected chi connectivity index (χ3v) is 4.24. The zero-order valence-electron chi connectivity index (χ0n) is 10.3. The second kappa shape index (κ2) is 5.87. The van der Waals surface area contributed by atoms with Gasteiger partial charge in [-0.15, -0.1) is 0 Å². The summed E-state index contributed by atoms with van der Waals surface area (Å²) in [6.45, 7) is 0. The number of hydrogen-bond donors (Lipinski definition) is 1. The second-order valence-electron chi connectivity index (χ2n) is 3.76. The predicted octanol–water partition coefficient (Wildman–Crippen LogP) is 3.20. The summed E-state index contributed by atoms with van der Waals surface area (Å²) in [5.74, 6) is 0.265. The first kappa shape index (κ1) is 14.9. The largest absolute Gasteiger partial charge is 0.495 e. The molecule has 0 radical (unpaired) electrons. The molecule has 1 N–H and O–H groups in total. The summed E-state index contributed by atoms with van der Waals surface area (Å²) in [6.07, 6.45) is 1.40. The molecule has 2 rings (SSSR count). The molecule has 0 atom stereocenters. The van der Waals surface area contributed by atoms with Crippen molar-refractivity contribution in [3.63, 3.8) is 0 Å². The van der Waals surface area contributed by atoms with E-state index in [2.05, 4.69) is 9.71 Å². The number of rotatable bonds is 4. The van der Waals surface area contributed by atoms with Crippen LogP contribution < -0.4 is 9.46 Å². The predicted molar refractivity (Wildman–Crippen MR) is 78.1 cm³/mol. The van der Waals surface area contributed by atoms with Gasteiger partial charge in [0.25, 0.3) is 10.0 Å². The molecule has 1 aromatic carbocycles. The highest BCUT2D eigenvalue weighted by atomic mass is 35.5. The first-order valence-corrected chi connectivity index (χ1v) is 7.64. The Kier molecular flexibility index (Phi) is 4.37. The topological polar surface area (TPSA) is 68.3 Å². The molecular weight excluding hydrogens is 323 g/mol. The maximum atomic E-state index is 12.3. The van der Waals surface area contributed by atoms with E-state index in [1.807, 2.05) is 0 Å². The Hall–Kier alpha value is -1.50. The molecule has 0 bridgehead atoms. The lowest BCUT2D eigenvalue weighted by atomic mass is 10.3. The molecular formula is C12H10Cl2N2O3S. The highest BCUT2D eigenvalue weighted by Gasteiger charge is 2.20. The maximum Gasteiger partial charge on any atom is 0.266 e. The molecule has 1 heterocycles. The molecule has 0 fully saturated rings. The summed E-state index contributed by atoms with van der Waals surface area (Å²) < 4.78 is 31.9. The van der Waals surface area contributed by atoms with Crippen LogP contribution >= 0.6 is 23.2 Å². The van der Waals surface area contributed by atoms with Crippen LogP contribution in [-0.2, 0) is 10.0 Å². The Morgan fingerprint density at radius 3 is 2.50 bits per heavy atom. The molecule has 5 nitrogen and oxygen atoms in total. The van der Waals surface area contributed by atoms with E-state index in [-0.39, 0.29) is 16.5 Å². The van der Waals surface area contributed by atoms with Crippen molar-refractivity contribution in [2.24, 2.45) is 0 Å². The van der Waals surface area contributed by atoms with Crippen LogP contribution in [0, 0.1) is 0 Å². The number of nitrogens with one attached hydrogen (secondary N) is 1. The molecule has 0 unspecified atom stereocenters.